The standard InChI is InChI=1S/C29H26F3N5O5S/c1-3-43(40,41)16-15-36(25(38)17-20-8-12-23(13-9-20)42-29(30,31)32)19(2)27-35-26-24(5-4-14-34-26)28(39)37(27)22-10-6-21(18-33)7-11-22/h4-14,19H,3,15-17H2,1-2H3/t19-/m1/s1. The van der Waals surface area contributed by atoms with Crippen LogP contribution < -0.4 is 10.3 Å². The molecule has 0 spiro atoms. The van der Waals surface area contributed by atoms with Crippen LogP contribution >= 0.6 is 0 Å². The SMILES string of the molecule is CCS(=O)(=O)CCN(C(=O)Cc1ccc(OC(F)(F)F)cc1)[C@H](C)c1nc2ncccc2c(=O)n1-c1ccc(C#N)cc1. The molecule has 0 aliphatic carbocycles. The van der Waals surface area contributed by atoms with Crippen molar-refractivity contribution in [2.75, 3.05) is 18.1 Å². The number of sulfone groups is 1. The van der Waals surface area contributed by atoms with Gasteiger partial charge in [0.1, 0.15) is 11.6 Å². The van der Waals surface area contributed by atoms with E-state index >= 15 is 0 Å². The molecule has 0 fully saturated rings. The molecule has 0 bridgehead atoms. The van der Waals surface area contributed by atoms with Gasteiger partial charge in [-0.3, -0.25) is 14.2 Å². The van der Waals surface area contributed by atoms with Crippen molar-refractivity contribution in [3.63, 3.8) is 0 Å². The van der Waals surface area contributed by atoms with Crippen molar-refractivity contribution < 1.29 is 31.1 Å². The Bertz CT molecular complexity index is 1830. The summed E-state index contributed by atoms with van der Waals surface area (Å²) in [4.78, 5) is 37.4. The Morgan fingerprint density at radius 3 is 2.40 bits per heavy atom. The van der Waals surface area contributed by atoms with E-state index in [0.717, 1.165) is 12.1 Å². The largest absolute Gasteiger partial charge is 0.573 e. The lowest BCUT2D eigenvalue weighted by molar-refractivity contribution is -0.274. The molecule has 2 heterocycles. The molecule has 0 aliphatic heterocycles. The molecule has 2 aromatic carbocycles. The van der Waals surface area contributed by atoms with Gasteiger partial charge < -0.3 is 9.64 Å². The number of carbonyl (C=O) groups is 1. The molecule has 0 radical (unpaired) electrons. The highest BCUT2D eigenvalue weighted by molar-refractivity contribution is 7.91. The van der Waals surface area contributed by atoms with Gasteiger partial charge in [-0.1, -0.05) is 19.1 Å². The smallest absolute Gasteiger partial charge is 0.406 e. The predicted octanol–water partition coefficient (Wildman–Crippen LogP) is 4.12. The van der Waals surface area contributed by atoms with Crippen molar-refractivity contribution in [3.8, 4) is 17.5 Å². The first-order valence-corrected chi connectivity index (χ1v) is 14.9. The lowest BCUT2D eigenvalue weighted by Crippen LogP contribution is -2.41. The fraction of sp³-hybridized carbons (Fsp3) is 0.276. The number of hydrogen-bond acceptors (Lipinski definition) is 8. The third kappa shape index (κ3) is 7.55. The van der Waals surface area contributed by atoms with E-state index in [-0.39, 0.29) is 41.3 Å². The number of halogens is 3. The number of nitrogens with zero attached hydrogens (tertiary/aromatic N) is 5. The van der Waals surface area contributed by atoms with E-state index in [4.69, 9.17) is 0 Å². The van der Waals surface area contributed by atoms with E-state index in [0.29, 0.717) is 16.8 Å². The van der Waals surface area contributed by atoms with Gasteiger partial charge in [0.15, 0.2) is 15.5 Å². The van der Waals surface area contributed by atoms with Crippen molar-refractivity contribution >= 4 is 26.8 Å². The van der Waals surface area contributed by atoms with Crippen LogP contribution in [0.4, 0.5) is 13.2 Å². The second-order valence-electron chi connectivity index (χ2n) is 9.51. The normalized spacial score (nSPS) is 12.5. The number of carbonyl (C=O) groups excluding carboxylic acids is 1. The molecule has 0 aliphatic rings. The highest BCUT2D eigenvalue weighted by Gasteiger charge is 2.31. The van der Waals surface area contributed by atoms with E-state index < -0.39 is 39.5 Å². The van der Waals surface area contributed by atoms with Gasteiger partial charge in [-0.05, 0) is 61.0 Å². The van der Waals surface area contributed by atoms with Crippen LogP contribution in [0.1, 0.15) is 36.8 Å². The average molecular weight is 614 g/mol. The first kappa shape index (κ1) is 31.2. The minimum atomic E-state index is -4.87. The van der Waals surface area contributed by atoms with E-state index in [1.165, 1.54) is 46.9 Å². The Balaban J connectivity index is 1.78. The zero-order valence-corrected chi connectivity index (χ0v) is 23.9. The number of nitriles is 1. The summed E-state index contributed by atoms with van der Waals surface area (Å²) in [5.41, 5.74) is 0.701. The number of aromatic nitrogens is 3. The lowest BCUT2D eigenvalue weighted by atomic mass is 10.1. The molecule has 1 amide bonds. The first-order valence-electron chi connectivity index (χ1n) is 13.0. The highest BCUT2D eigenvalue weighted by Crippen LogP contribution is 2.26. The van der Waals surface area contributed by atoms with Gasteiger partial charge in [0.25, 0.3) is 5.56 Å². The maximum absolute atomic E-state index is 13.7. The minimum absolute atomic E-state index is 0.0945. The van der Waals surface area contributed by atoms with E-state index in [1.807, 2.05) is 6.07 Å². The van der Waals surface area contributed by atoms with Crippen molar-refractivity contribution in [1.29, 1.82) is 5.26 Å². The lowest BCUT2D eigenvalue weighted by Gasteiger charge is -2.30. The Labute approximate surface area is 244 Å². The summed E-state index contributed by atoms with van der Waals surface area (Å²) in [6, 6.07) is 15.1. The second-order valence-corrected chi connectivity index (χ2v) is 12.0. The topological polar surface area (TPSA) is 135 Å². The summed E-state index contributed by atoms with van der Waals surface area (Å²) >= 11 is 0. The van der Waals surface area contributed by atoms with Gasteiger partial charge in [-0.25, -0.2) is 18.4 Å². The van der Waals surface area contributed by atoms with Crippen molar-refractivity contribution in [2.45, 2.75) is 32.7 Å². The van der Waals surface area contributed by atoms with Crippen LogP contribution in [-0.2, 0) is 21.1 Å². The number of pyridine rings is 1. The molecule has 10 nitrogen and oxygen atoms in total. The van der Waals surface area contributed by atoms with Gasteiger partial charge >= 0.3 is 6.36 Å². The molecule has 43 heavy (non-hydrogen) atoms. The molecule has 0 saturated heterocycles. The monoisotopic (exact) mass is 613 g/mol. The predicted molar refractivity (Wildman–Crippen MR) is 151 cm³/mol. The number of fused-ring (bicyclic) bond motifs is 1. The fourth-order valence-corrected chi connectivity index (χ4v) is 5.15. The van der Waals surface area contributed by atoms with Crippen LogP contribution in [0, 0.1) is 11.3 Å². The molecule has 224 valence electrons. The van der Waals surface area contributed by atoms with E-state index in [2.05, 4.69) is 14.7 Å². The zero-order valence-electron chi connectivity index (χ0n) is 23.1. The van der Waals surface area contributed by atoms with E-state index in [9.17, 15) is 36.4 Å². The Hall–Kier alpha value is -4.77. The Kier molecular flexibility index (Phi) is 9.15. The Morgan fingerprint density at radius 1 is 1.12 bits per heavy atom. The third-order valence-corrected chi connectivity index (χ3v) is 8.37. The number of benzene rings is 2. The summed E-state index contributed by atoms with van der Waals surface area (Å²) in [5.74, 6) is -1.44. The average Bonchev–Trinajstić information content (AvgIpc) is 2.97. The first-order chi connectivity index (χ1) is 20.3. The fourth-order valence-electron chi connectivity index (χ4n) is 4.39. The van der Waals surface area contributed by atoms with Gasteiger partial charge in [-0.15, -0.1) is 13.2 Å². The van der Waals surface area contributed by atoms with Crippen LogP contribution in [0.2, 0.25) is 0 Å². The molecule has 4 rings (SSSR count). The summed E-state index contributed by atoms with van der Waals surface area (Å²) in [6.07, 6.45) is -3.70. The van der Waals surface area contributed by atoms with Gasteiger partial charge in [0.2, 0.25) is 5.91 Å². The van der Waals surface area contributed by atoms with Gasteiger partial charge in [-0.2, -0.15) is 5.26 Å². The van der Waals surface area contributed by atoms with Crippen molar-refractivity contribution in [1.82, 2.24) is 19.4 Å². The van der Waals surface area contributed by atoms with E-state index in [1.54, 1.807) is 31.2 Å². The zero-order chi connectivity index (χ0) is 31.4. The molecular formula is C29H26F3N5O5S. The maximum atomic E-state index is 13.7. The van der Waals surface area contributed by atoms with Crippen LogP contribution in [0.25, 0.3) is 16.7 Å². The summed E-state index contributed by atoms with van der Waals surface area (Å²) in [5, 5.41) is 9.42. The number of hydrogen-bond donors (Lipinski definition) is 0. The molecule has 4 aromatic rings. The van der Waals surface area contributed by atoms with Crippen molar-refractivity contribution in [3.05, 3.63) is 94.2 Å². The third-order valence-electron chi connectivity index (χ3n) is 6.68. The number of ether oxygens (including phenoxy) is 1. The maximum Gasteiger partial charge on any atom is 0.573 e. The molecule has 14 heteroatoms. The minimum Gasteiger partial charge on any atom is -0.406 e. The molecule has 0 saturated carbocycles. The van der Waals surface area contributed by atoms with Gasteiger partial charge in [0, 0.05) is 18.5 Å². The number of amides is 1. The van der Waals surface area contributed by atoms with Crippen molar-refractivity contribution in [2.24, 2.45) is 0 Å². The van der Waals surface area contributed by atoms with Crippen LogP contribution in [0.3, 0.4) is 0 Å². The van der Waals surface area contributed by atoms with Crippen LogP contribution in [0.5, 0.6) is 5.75 Å². The summed E-state index contributed by atoms with van der Waals surface area (Å²) in [6.45, 7) is 2.83. The molecular weight excluding hydrogens is 587 g/mol. The molecule has 0 unspecified atom stereocenters. The molecule has 2 aromatic heterocycles. The Morgan fingerprint density at radius 2 is 1.79 bits per heavy atom. The molecule has 1 atom stereocenters. The number of alkyl halides is 3. The number of rotatable bonds is 10. The summed E-state index contributed by atoms with van der Waals surface area (Å²) < 4.78 is 67.7. The van der Waals surface area contributed by atoms with Crippen LogP contribution in [-0.4, -0.2) is 58.2 Å². The highest BCUT2D eigenvalue weighted by atomic mass is 32.2. The second kappa shape index (κ2) is 12.6. The van der Waals surface area contributed by atoms with Gasteiger partial charge in [0.05, 0.1) is 40.9 Å². The van der Waals surface area contributed by atoms with Crippen LogP contribution in [0.15, 0.2) is 71.7 Å². The summed E-state index contributed by atoms with van der Waals surface area (Å²) in [7, 11) is -3.52. The quantitative estimate of drug-likeness (QED) is 0.261. The molecule has 0 N–H and O–H groups in total.